The van der Waals surface area contributed by atoms with Crippen LogP contribution in [0.3, 0.4) is 0 Å². The van der Waals surface area contributed by atoms with Gasteiger partial charge < -0.3 is 14.4 Å². The molecule has 0 atom stereocenters. The van der Waals surface area contributed by atoms with Crippen molar-refractivity contribution in [3.8, 4) is 45.3 Å². The molecule has 2 aliphatic heterocycles. The van der Waals surface area contributed by atoms with Gasteiger partial charge in [0.15, 0.2) is 23.0 Å². The van der Waals surface area contributed by atoms with E-state index in [4.69, 9.17) is 9.47 Å². The Morgan fingerprint density at radius 3 is 2.03 bits per heavy atom. The number of hydrogen-bond donors (Lipinski definition) is 0. The number of nitrogens with zero attached hydrogens (tertiary/aromatic N) is 1. The fourth-order valence-electron chi connectivity index (χ4n) is 5.55. The molecule has 0 N–H and O–H groups in total. The normalized spacial score (nSPS) is 12.7. The van der Waals surface area contributed by atoms with Crippen LogP contribution in [0.2, 0.25) is 0 Å². The highest BCUT2D eigenvalue weighted by Crippen LogP contribution is 2.57. The molecular formula is C34H21NO2. The van der Waals surface area contributed by atoms with Crippen molar-refractivity contribution in [2.45, 2.75) is 0 Å². The first-order valence-electron chi connectivity index (χ1n) is 12.4. The molecule has 0 aliphatic carbocycles. The van der Waals surface area contributed by atoms with Crippen LogP contribution in [0.4, 0.5) is 17.1 Å². The second-order valence-electron chi connectivity index (χ2n) is 9.37. The third kappa shape index (κ3) is 3.01. The zero-order valence-corrected chi connectivity index (χ0v) is 19.9. The molecule has 0 unspecified atom stereocenters. The fraction of sp³-hybridized carbons (Fsp3) is 0. The Bertz CT molecular complexity index is 1820. The van der Waals surface area contributed by atoms with Gasteiger partial charge in [0.05, 0.1) is 11.4 Å². The van der Waals surface area contributed by atoms with E-state index in [9.17, 15) is 0 Å². The summed E-state index contributed by atoms with van der Waals surface area (Å²) in [5, 5.41) is 2.19. The van der Waals surface area contributed by atoms with Gasteiger partial charge in [0.1, 0.15) is 0 Å². The summed E-state index contributed by atoms with van der Waals surface area (Å²) in [6, 6.07) is 44.4. The highest BCUT2D eigenvalue weighted by molar-refractivity contribution is 6.07. The number of anilines is 3. The van der Waals surface area contributed by atoms with Crippen LogP contribution in [0.15, 0.2) is 127 Å². The molecule has 0 aromatic heterocycles. The van der Waals surface area contributed by atoms with Crippen LogP contribution in [0.1, 0.15) is 0 Å². The van der Waals surface area contributed by atoms with E-state index in [0.717, 1.165) is 56.2 Å². The third-order valence-electron chi connectivity index (χ3n) is 7.25. The second kappa shape index (κ2) is 7.74. The van der Waals surface area contributed by atoms with Gasteiger partial charge >= 0.3 is 0 Å². The quantitative estimate of drug-likeness (QED) is 0.248. The molecule has 174 valence electrons. The molecule has 2 aliphatic rings. The second-order valence-corrected chi connectivity index (χ2v) is 9.37. The molecule has 3 nitrogen and oxygen atoms in total. The SMILES string of the molecule is c1ccc(-c2ccc(N3c4ccccc4-c4cccc5ccc6c(c45)Oc4c(cccc43)O6)cc2)cc1. The first-order chi connectivity index (χ1) is 18.3. The first kappa shape index (κ1) is 20.2. The molecule has 2 bridgehead atoms. The van der Waals surface area contributed by atoms with Crippen LogP contribution in [0, 0.1) is 0 Å². The van der Waals surface area contributed by atoms with Crippen LogP contribution >= 0.6 is 0 Å². The Kier molecular flexibility index (Phi) is 4.23. The highest BCUT2D eigenvalue weighted by atomic mass is 16.6. The van der Waals surface area contributed by atoms with Crippen molar-refractivity contribution >= 4 is 27.8 Å². The van der Waals surface area contributed by atoms with Gasteiger partial charge in [-0.15, -0.1) is 0 Å². The van der Waals surface area contributed by atoms with Gasteiger partial charge in [0.2, 0.25) is 0 Å². The summed E-state index contributed by atoms with van der Waals surface area (Å²) >= 11 is 0. The van der Waals surface area contributed by atoms with Crippen molar-refractivity contribution in [1.82, 2.24) is 0 Å². The van der Waals surface area contributed by atoms with E-state index in [2.05, 4.69) is 108 Å². The van der Waals surface area contributed by atoms with E-state index < -0.39 is 0 Å². The number of rotatable bonds is 2. The van der Waals surface area contributed by atoms with E-state index in [-0.39, 0.29) is 0 Å². The zero-order chi connectivity index (χ0) is 24.3. The Hall–Kier alpha value is -5.02. The van der Waals surface area contributed by atoms with E-state index >= 15 is 0 Å². The molecule has 8 rings (SSSR count). The van der Waals surface area contributed by atoms with Gasteiger partial charge in [0, 0.05) is 16.6 Å². The lowest BCUT2D eigenvalue weighted by Gasteiger charge is -2.30. The van der Waals surface area contributed by atoms with Gasteiger partial charge in [-0.2, -0.15) is 0 Å². The Labute approximate surface area is 214 Å². The summed E-state index contributed by atoms with van der Waals surface area (Å²) in [4.78, 5) is 2.28. The predicted octanol–water partition coefficient (Wildman–Crippen LogP) is 9.85. The molecule has 0 saturated heterocycles. The number of fused-ring (bicyclic) bond motifs is 2. The Balaban J connectivity index is 1.43. The van der Waals surface area contributed by atoms with E-state index in [1.807, 2.05) is 24.3 Å². The lowest BCUT2D eigenvalue weighted by Crippen LogP contribution is -2.12. The molecule has 0 saturated carbocycles. The largest absolute Gasteiger partial charge is 0.449 e. The minimum atomic E-state index is 0.715. The Morgan fingerprint density at radius 2 is 1.14 bits per heavy atom. The van der Waals surface area contributed by atoms with Gasteiger partial charge in [-0.05, 0) is 58.5 Å². The predicted molar refractivity (Wildman–Crippen MR) is 150 cm³/mol. The molecule has 2 heterocycles. The molecule has 6 aromatic carbocycles. The number of para-hydroxylation sites is 2. The molecule has 0 amide bonds. The summed E-state index contributed by atoms with van der Waals surface area (Å²) in [5.41, 5.74) is 7.71. The van der Waals surface area contributed by atoms with Crippen molar-refractivity contribution < 1.29 is 9.47 Å². The maximum atomic E-state index is 6.74. The average molecular weight is 476 g/mol. The fourth-order valence-corrected chi connectivity index (χ4v) is 5.55. The van der Waals surface area contributed by atoms with Gasteiger partial charge in [-0.1, -0.05) is 91.0 Å². The summed E-state index contributed by atoms with van der Waals surface area (Å²) in [7, 11) is 0. The minimum absolute atomic E-state index is 0.715. The molecule has 3 heteroatoms. The van der Waals surface area contributed by atoms with E-state index in [1.54, 1.807) is 0 Å². The molecule has 6 aromatic rings. The summed E-state index contributed by atoms with van der Waals surface area (Å²) < 4.78 is 13.2. The van der Waals surface area contributed by atoms with E-state index in [0.29, 0.717) is 5.75 Å². The first-order valence-corrected chi connectivity index (χ1v) is 12.4. The van der Waals surface area contributed by atoms with Gasteiger partial charge in [0.25, 0.3) is 0 Å². The third-order valence-corrected chi connectivity index (χ3v) is 7.25. The number of hydrogen-bond acceptors (Lipinski definition) is 3. The minimum Gasteiger partial charge on any atom is -0.449 e. The number of ether oxygens (including phenoxy) is 2. The molecule has 0 spiro atoms. The standard InChI is InChI=1S/C34H21NO2/c1-2-8-22(9-3-1)23-16-19-25(20-17-23)35-28-13-5-4-11-26(28)27-12-6-10-24-18-21-31-34(32(24)27)37-33-29(35)14-7-15-30(33)36-31/h1-21H. The maximum Gasteiger partial charge on any atom is 0.194 e. The molecule has 0 fully saturated rings. The monoisotopic (exact) mass is 475 g/mol. The summed E-state index contributed by atoms with van der Waals surface area (Å²) in [6.07, 6.45) is 0. The molecular weight excluding hydrogens is 454 g/mol. The Morgan fingerprint density at radius 1 is 0.432 bits per heavy atom. The zero-order valence-electron chi connectivity index (χ0n) is 19.9. The van der Waals surface area contributed by atoms with Crippen molar-refractivity contribution in [3.05, 3.63) is 127 Å². The van der Waals surface area contributed by atoms with Crippen molar-refractivity contribution in [2.24, 2.45) is 0 Å². The van der Waals surface area contributed by atoms with Crippen molar-refractivity contribution in [2.75, 3.05) is 4.90 Å². The van der Waals surface area contributed by atoms with Gasteiger partial charge in [-0.3, -0.25) is 0 Å². The topological polar surface area (TPSA) is 21.7 Å². The highest BCUT2D eigenvalue weighted by Gasteiger charge is 2.31. The van der Waals surface area contributed by atoms with Crippen LogP contribution in [-0.4, -0.2) is 0 Å². The lowest BCUT2D eigenvalue weighted by atomic mass is 9.95. The lowest BCUT2D eigenvalue weighted by molar-refractivity contribution is 0.364. The van der Waals surface area contributed by atoms with Crippen LogP contribution in [0.5, 0.6) is 23.0 Å². The van der Waals surface area contributed by atoms with Crippen LogP contribution in [0.25, 0.3) is 33.0 Å². The average Bonchev–Trinajstić information content (AvgIpc) is 3.01. The maximum absolute atomic E-state index is 6.74. The van der Waals surface area contributed by atoms with Crippen LogP contribution in [-0.2, 0) is 0 Å². The molecule has 0 radical (unpaired) electrons. The van der Waals surface area contributed by atoms with Gasteiger partial charge in [-0.25, -0.2) is 0 Å². The van der Waals surface area contributed by atoms with Crippen molar-refractivity contribution in [1.29, 1.82) is 0 Å². The molecule has 37 heavy (non-hydrogen) atoms. The summed E-state index contributed by atoms with van der Waals surface area (Å²) in [5.74, 6) is 2.94. The summed E-state index contributed by atoms with van der Waals surface area (Å²) in [6.45, 7) is 0. The van der Waals surface area contributed by atoms with E-state index in [1.165, 1.54) is 11.1 Å². The van der Waals surface area contributed by atoms with Crippen LogP contribution < -0.4 is 14.4 Å². The van der Waals surface area contributed by atoms with Crippen molar-refractivity contribution in [3.63, 3.8) is 0 Å². The smallest absolute Gasteiger partial charge is 0.194 e. The number of benzene rings is 6.